The van der Waals surface area contributed by atoms with E-state index in [1.165, 1.54) is 29.2 Å². The van der Waals surface area contributed by atoms with Gasteiger partial charge in [-0.1, -0.05) is 39.7 Å². The monoisotopic (exact) mass is 485 g/mol. The molecule has 1 fully saturated rings. The molecule has 0 spiro atoms. The molecule has 1 unspecified atom stereocenters. The lowest BCUT2D eigenvalue weighted by Crippen LogP contribution is -2.29. The molecule has 0 bridgehead atoms. The fourth-order valence-corrected chi connectivity index (χ4v) is 3.81. The lowest BCUT2D eigenvalue weighted by atomic mass is 9.95. The van der Waals surface area contributed by atoms with E-state index in [2.05, 4.69) is 15.9 Å². The maximum atomic E-state index is 13.4. The van der Waals surface area contributed by atoms with Crippen molar-refractivity contribution in [3.8, 4) is 0 Å². The van der Waals surface area contributed by atoms with E-state index < -0.39 is 23.5 Å². The van der Waals surface area contributed by atoms with Crippen molar-refractivity contribution in [3.63, 3.8) is 0 Å². The summed E-state index contributed by atoms with van der Waals surface area (Å²) in [5.74, 6) is -2.39. The van der Waals surface area contributed by atoms with Crippen LogP contribution in [0.4, 0.5) is 10.1 Å². The number of hydrogen-bond acceptors (Lipinski definition) is 3. The van der Waals surface area contributed by atoms with E-state index in [1.807, 2.05) is 0 Å². The Hall–Kier alpha value is -2.96. The molecular weight excluding hydrogens is 473 g/mol. The zero-order valence-electron chi connectivity index (χ0n) is 15.4. The molecule has 4 nitrogen and oxygen atoms in total. The smallest absolute Gasteiger partial charge is 0.300 e. The van der Waals surface area contributed by atoms with Gasteiger partial charge in [-0.25, -0.2) is 4.39 Å². The van der Waals surface area contributed by atoms with E-state index in [1.54, 1.807) is 48.5 Å². The topological polar surface area (TPSA) is 57.6 Å². The van der Waals surface area contributed by atoms with Crippen molar-refractivity contribution in [2.24, 2.45) is 0 Å². The summed E-state index contributed by atoms with van der Waals surface area (Å²) in [7, 11) is 0. The van der Waals surface area contributed by atoms with Crippen molar-refractivity contribution in [3.05, 3.63) is 105 Å². The van der Waals surface area contributed by atoms with Gasteiger partial charge < -0.3 is 5.11 Å². The highest BCUT2D eigenvalue weighted by Gasteiger charge is 2.46. The van der Waals surface area contributed by atoms with Gasteiger partial charge in [-0.2, -0.15) is 0 Å². The van der Waals surface area contributed by atoms with Crippen LogP contribution in [0.2, 0.25) is 5.02 Å². The Morgan fingerprint density at radius 3 is 2.13 bits per heavy atom. The van der Waals surface area contributed by atoms with Crippen LogP contribution < -0.4 is 4.90 Å². The van der Waals surface area contributed by atoms with Gasteiger partial charge in [0.25, 0.3) is 11.7 Å². The van der Waals surface area contributed by atoms with Crippen LogP contribution in [-0.2, 0) is 9.59 Å². The van der Waals surface area contributed by atoms with Gasteiger partial charge in [0, 0.05) is 20.7 Å². The van der Waals surface area contributed by atoms with Crippen LogP contribution in [0.25, 0.3) is 5.76 Å². The van der Waals surface area contributed by atoms with Crippen molar-refractivity contribution in [1.29, 1.82) is 0 Å². The number of halogens is 3. The van der Waals surface area contributed by atoms with Gasteiger partial charge in [0.15, 0.2) is 0 Å². The van der Waals surface area contributed by atoms with Gasteiger partial charge in [0.2, 0.25) is 0 Å². The average molecular weight is 487 g/mol. The number of Topliss-reactive ketones (excluding diaryl/α,β-unsaturated/α-hetero) is 1. The molecule has 1 N–H and O–H groups in total. The second kappa shape index (κ2) is 8.05. The Morgan fingerprint density at radius 2 is 1.53 bits per heavy atom. The van der Waals surface area contributed by atoms with Crippen molar-refractivity contribution in [1.82, 2.24) is 0 Å². The fraction of sp³-hybridized carbons (Fsp3) is 0.0435. The summed E-state index contributed by atoms with van der Waals surface area (Å²) in [5.41, 5.74) is 1.28. The quantitative estimate of drug-likeness (QED) is 0.286. The number of carbonyl (C=O) groups excluding carboxylic acids is 2. The van der Waals surface area contributed by atoms with Gasteiger partial charge in [0.05, 0.1) is 11.6 Å². The lowest BCUT2D eigenvalue weighted by Gasteiger charge is -2.25. The summed E-state index contributed by atoms with van der Waals surface area (Å²) in [6, 6.07) is 17.8. The molecule has 0 saturated carbocycles. The molecule has 1 atom stereocenters. The molecule has 3 aromatic carbocycles. The van der Waals surface area contributed by atoms with Crippen molar-refractivity contribution in [2.75, 3.05) is 4.90 Å². The first-order valence-corrected chi connectivity index (χ1v) is 10.1. The zero-order valence-corrected chi connectivity index (χ0v) is 17.7. The molecule has 1 saturated heterocycles. The number of aliphatic hydroxyl groups excluding tert-OH is 1. The second-order valence-corrected chi connectivity index (χ2v) is 8.06. The molecule has 3 aromatic rings. The van der Waals surface area contributed by atoms with E-state index in [9.17, 15) is 19.1 Å². The Morgan fingerprint density at radius 1 is 0.933 bits per heavy atom. The number of anilines is 1. The van der Waals surface area contributed by atoms with Crippen LogP contribution >= 0.6 is 27.5 Å². The van der Waals surface area contributed by atoms with Crippen LogP contribution in [-0.4, -0.2) is 16.8 Å². The van der Waals surface area contributed by atoms with Crippen LogP contribution in [0.5, 0.6) is 0 Å². The first kappa shape index (κ1) is 20.3. The number of amides is 1. The van der Waals surface area contributed by atoms with Gasteiger partial charge in [-0.05, 0) is 66.2 Å². The molecular formula is C23H14BrClFNO3. The summed E-state index contributed by atoms with van der Waals surface area (Å²) >= 11 is 9.29. The van der Waals surface area contributed by atoms with Gasteiger partial charge in [-0.15, -0.1) is 0 Å². The summed E-state index contributed by atoms with van der Waals surface area (Å²) in [5, 5.41) is 11.4. The Bertz CT molecular complexity index is 1160. The number of aliphatic hydroxyl groups is 1. The predicted octanol–water partition coefficient (Wildman–Crippen LogP) is 5.87. The highest BCUT2D eigenvalue weighted by atomic mass is 79.9. The van der Waals surface area contributed by atoms with Crippen molar-refractivity contribution >= 4 is 50.7 Å². The minimum Gasteiger partial charge on any atom is -0.507 e. The highest BCUT2D eigenvalue weighted by Crippen LogP contribution is 2.42. The molecule has 0 aromatic heterocycles. The molecule has 1 amide bonds. The normalized spacial score (nSPS) is 18.1. The summed E-state index contributed by atoms with van der Waals surface area (Å²) in [6.45, 7) is 0. The van der Waals surface area contributed by atoms with E-state index >= 15 is 0 Å². The summed E-state index contributed by atoms with van der Waals surface area (Å²) in [6.07, 6.45) is 0. The number of rotatable bonds is 3. The van der Waals surface area contributed by atoms with E-state index in [0.29, 0.717) is 21.8 Å². The molecule has 7 heteroatoms. The number of benzene rings is 3. The lowest BCUT2D eigenvalue weighted by molar-refractivity contribution is -0.132. The third-order valence-corrected chi connectivity index (χ3v) is 5.63. The largest absolute Gasteiger partial charge is 0.507 e. The minimum absolute atomic E-state index is 0.0473. The Kier molecular flexibility index (Phi) is 5.45. The highest BCUT2D eigenvalue weighted by molar-refractivity contribution is 9.10. The first-order chi connectivity index (χ1) is 14.4. The van der Waals surface area contributed by atoms with Crippen molar-refractivity contribution in [2.45, 2.75) is 6.04 Å². The average Bonchev–Trinajstić information content (AvgIpc) is 3.00. The summed E-state index contributed by atoms with van der Waals surface area (Å²) < 4.78 is 14.3. The fourth-order valence-electron chi connectivity index (χ4n) is 3.42. The van der Waals surface area contributed by atoms with Crippen LogP contribution in [0.15, 0.2) is 82.8 Å². The van der Waals surface area contributed by atoms with Crippen LogP contribution in [0, 0.1) is 5.82 Å². The van der Waals surface area contributed by atoms with Gasteiger partial charge >= 0.3 is 0 Å². The Balaban J connectivity index is 1.93. The molecule has 1 aliphatic rings. The molecule has 150 valence electrons. The van der Waals surface area contributed by atoms with Gasteiger partial charge in [-0.3, -0.25) is 14.5 Å². The minimum atomic E-state index is -0.876. The van der Waals surface area contributed by atoms with E-state index in [4.69, 9.17) is 11.6 Å². The van der Waals surface area contributed by atoms with Crippen LogP contribution in [0.3, 0.4) is 0 Å². The van der Waals surface area contributed by atoms with Gasteiger partial charge in [0.1, 0.15) is 11.6 Å². The van der Waals surface area contributed by atoms with E-state index in [-0.39, 0.29) is 11.3 Å². The number of ketones is 1. The summed E-state index contributed by atoms with van der Waals surface area (Å²) in [4.78, 5) is 27.2. The second-order valence-electron chi connectivity index (χ2n) is 6.70. The van der Waals surface area contributed by atoms with Crippen LogP contribution in [0.1, 0.15) is 17.2 Å². The molecule has 30 heavy (non-hydrogen) atoms. The SMILES string of the molecule is O=C1C(=O)N(c2ccc(F)cc2)C(c2ccc(Br)cc2)/C1=C(\O)c1ccc(Cl)cc1. The molecule has 1 aliphatic heterocycles. The van der Waals surface area contributed by atoms with Crippen molar-refractivity contribution < 1.29 is 19.1 Å². The maximum Gasteiger partial charge on any atom is 0.300 e. The standard InChI is InChI=1S/C23H14BrClFNO3/c24-15-5-1-13(2-6-15)20-19(21(28)14-3-7-16(25)8-4-14)22(29)23(30)27(20)18-11-9-17(26)10-12-18/h1-12,20,28H/b21-19+. The molecule has 0 radical (unpaired) electrons. The molecule has 1 heterocycles. The number of hydrogen-bond donors (Lipinski definition) is 1. The third kappa shape index (κ3) is 3.64. The zero-order chi connectivity index (χ0) is 21.4. The van der Waals surface area contributed by atoms with E-state index in [0.717, 1.165) is 4.47 Å². The third-order valence-electron chi connectivity index (χ3n) is 4.85. The maximum absolute atomic E-state index is 13.4. The molecule has 0 aliphatic carbocycles. The number of carbonyl (C=O) groups is 2. The molecule has 4 rings (SSSR count). The predicted molar refractivity (Wildman–Crippen MR) is 117 cm³/mol. The first-order valence-electron chi connectivity index (χ1n) is 8.95. The Labute approximate surface area is 185 Å². The number of nitrogens with zero attached hydrogens (tertiary/aromatic N) is 1.